The van der Waals surface area contributed by atoms with E-state index in [1.807, 2.05) is 44.2 Å². The zero-order valence-electron chi connectivity index (χ0n) is 19.5. The molecule has 2 amide bonds. The molecule has 4 rings (SSSR count). The Bertz CT molecular complexity index is 1320. The topological polar surface area (TPSA) is 92.6 Å². The molecule has 7 heteroatoms. The lowest BCUT2D eigenvalue weighted by Gasteiger charge is -2.19. The fourth-order valence-corrected chi connectivity index (χ4v) is 3.96. The van der Waals surface area contributed by atoms with Crippen molar-refractivity contribution in [3.8, 4) is 0 Å². The van der Waals surface area contributed by atoms with E-state index in [2.05, 4.69) is 19.2 Å². The molecule has 34 heavy (non-hydrogen) atoms. The van der Waals surface area contributed by atoms with Crippen molar-refractivity contribution in [3.05, 3.63) is 105 Å². The number of rotatable bonds is 6. The molecule has 0 bridgehead atoms. The van der Waals surface area contributed by atoms with Gasteiger partial charge in [-0.25, -0.2) is 4.90 Å². The molecule has 0 saturated carbocycles. The first-order chi connectivity index (χ1) is 16.2. The standard InChI is InChI=1S/C27H25N3O4/c1-16(2)19-8-12-21(13-9-19)28-25-24(20-10-14-22(15-11-20)30(33)34)26(31)29(27(25)32)23-7-5-6-17(3)18(23)4/h5-16,28H,1-4H3. The van der Waals surface area contributed by atoms with E-state index >= 15 is 0 Å². The number of nitrogens with zero attached hydrogens (tertiary/aromatic N) is 2. The van der Waals surface area contributed by atoms with Crippen LogP contribution in [0.3, 0.4) is 0 Å². The summed E-state index contributed by atoms with van der Waals surface area (Å²) in [6, 6.07) is 18.8. The Morgan fingerprint density at radius 3 is 2.12 bits per heavy atom. The SMILES string of the molecule is Cc1cccc(N2C(=O)C(Nc3ccc(C(C)C)cc3)=C(c3ccc([N+](=O)[O-])cc3)C2=O)c1C. The molecule has 1 aliphatic heterocycles. The number of non-ortho nitro benzene ring substituents is 1. The Kier molecular flexibility index (Phi) is 6.03. The summed E-state index contributed by atoms with van der Waals surface area (Å²) >= 11 is 0. The molecular weight excluding hydrogens is 430 g/mol. The van der Waals surface area contributed by atoms with E-state index in [1.54, 1.807) is 12.1 Å². The molecule has 1 N–H and O–H groups in total. The number of hydrogen-bond acceptors (Lipinski definition) is 5. The molecule has 0 fully saturated rings. The number of hydrogen-bond donors (Lipinski definition) is 1. The average Bonchev–Trinajstić information content (AvgIpc) is 3.05. The third kappa shape index (κ3) is 4.08. The number of carbonyl (C=O) groups excluding carboxylic acids is 2. The molecule has 3 aromatic carbocycles. The maximum Gasteiger partial charge on any atom is 0.282 e. The summed E-state index contributed by atoms with van der Waals surface area (Å²) in [7, 11) is 0. The van der Waals surface area contributed by atoms with Gasteiger partial charge in [-0.2, -0.15) is 0 Å². The first-order valence-electron chi connectivity index (χ1n) is 11.0. The maximum atomic E-state index is 13.6. The molecule has 0 radical (unpaired) electrons. The van der Waals surface area contributed by atoms with E-state index < -0.39 is 16.7 Å². The number of imide groups is 1. The zero-order chi connectivity index (χ0) is 24.6. The van der Waals surface area contributed by atoms with Crippen LogP contribution in [0.15, 0.2) is 72.4 Å². The van der Waals surface area contributed by atoms with E-state index in [0.29, 0.717) is 22.9 Å². The zero-order valence-corrected chi connectivity index (χ0v) is 19.5. The Labute approximate surface area is 197 Å². The van der Waals surface area contributed by atoms with Crippen LogP contribution in [-0.4, -0.2) is 16.7 Å². The summed E-state index contributed by atoms with van der Waals surface area (Å²) in [5.41, 5.74) is 4.77. The minimum Gasteiger partial charge on any atom is -0.350 e. The normalized spacial score (nSPS) is 13.7. The van der Waals surface area contributed by atoms with E-state index in [9.17, 15) is 19.7 Å². The summed E-state index contributed by atoms with van der Waals surface area (Å²) in [5, 5.41) is 14.2. The maximum absolute atomic E-state index is 13.6. The number of anilines is 2. The number of aryl methyl sites for hydroxylation is 1. The lowest BCUT2D eigenvalue weighted by molar-refractivity contribution is -0.384. The largest absolute Gasteiger partial charge is 0.350 e. The van der Waals surface area contributed by atoms with Gasteiger partial charge >= 0.3 is 0 Å². The Balaban J connectivity index is 1.81. The van der Waals surface area contributed by atoms with Crippen molar-refractivity contribution in [1.82, 2.24) is 0 Å². The van der Waals surface area contributed by atoms with Crippen LogP contribution < -0.4 is 10.2 Å². The monoisotopic (exact) mass is 455 g/mol. The predicted molar refractivity (Wildman–Crippen MR) is 133 cm³/mol. The minimum atomic E-state index is -0.502. The van der Waals surface area contributed by atoms with Crippen LogP contribution in [-0.2, 0) is 9.59 Å². The van der Waals surface area contributed by atoms with Crippen molar-refractivity contribution in [2.45, 2.75) is 33.6 Å². The molecule has 1 aliphatic rings. The van der Waals surface area contributed by atoms with Gasteiger partial charge in [-0.1, -0.05) is 38.1 Å². The molecule has 0 aliphatic carbocycles. The van der Waals surface area contributed by atoms with Crippen LogP contribution in [0.25, 0.3) is 5.57 Å². The summed E-state index contributed by atoms with van der Waals surface area (Å²) in [4.78, 5) is 39.0. The third-order valence-electron chi connectivity index (χ3n) is 6.11. The van der Waals surface area contributed by atoms with Crippen molar-refractivity contribution >= 4 is 34.4 Å². The van der Waals surface area contributed by atoms with Crippen molar-refractivity contribution in [2.75, 3.05) is 10.2 Å². The fourth-order valence-electron chi connectivity index (χ4n) is 3.96. The minimum absolute atomic E-state index is 0.0914. The van der Waals surface area contributed by atoms with E-state index in [1.165, 1.54) is 29.2 Å². The van der Waals surface area contributed by atoms with Crippen LogP contribution in [0.4, 0.5) is 17.1 Å². The van der Waals surface area contributed by atoms with Gasteiger partial charge in [0.1, 0.15) is 5.70 Å². The van der Waals surface area contributed by atoms with Crippen molar-refractivity contribution in [1.29, 1.82) is 0 Å². The number of carbonyl (C=O) groups is 2. The van der Waals surface area contributed by atoms with Gasteiger partial charge in [-0.3, -0.25) is 19.7 Å². The summed E-state index contributed by atoms with van der Waals surface area (Å²) in [6.07, 6.45) is 0. The molecule has 0 atom stereocenters. The highest BCUT2D eigenvalue weighted by Crippen LogP contribution is 2.36. The van der Waals surface area contributed by atoms with Gasteiger partial charge in [0, 0.05) is 17.8 Å². The predicted octanol–water partition coefficient (Wildman–Crippen LogP) is 5.73. The lowest BCUT2D eigenvalue weighted by atomic mass is 10.0. The van der Waals surface area contributed by atoms with Crippen LogP contribution >= 0.6 is 0 Å². The van der Waals surface area contributed by atoms with E-state index in [4.69, 9.17) is 0 Å². The second kappa shape index (κ2) is 8.94. The van der Waals surface area contributed by atoms with Crippen LogP contribution in [0, 0.1) is 24.0 Å². The number of benzene rings is 3. The first-order valence-corrected chi connectivity index (χ1v) is 11.0. The van der Waals surface area contributed by atoms with Gasteiger partial charge in [-0.05, 0) is 72.4 Å². The number of nitro groups is 1. The van der Waals surface area contributed by atoms with Gasteiger partial charge in [0.2, 0.25) is 0 Å². The lowest BCUT2D eigenvalue weighted by Crippen LogP contribution is -2.33. The van der Waals surface area contributed by atoms with Gasteiger partial charge < -0.3 is 5.32 Å². The molecule has 7 nitrogen and oxygen atoms in total. The van der Waals surface area contributed by atoms with Gasteiger partial charge in [-0.15, -0.1) is 0 Å². The Morgan fingerprint density at radius 2 is 1.53 bits per heavy atom. The Morgan fingerprint density at radius 1 is 0.882 bits per heavy atom. The number of amides is 2. The average molecular weight is 456 g/mol. The molecule has 0 saturated heterocycles. The van der Waals surface area contributed by atoms with E-state index in [0.717, 1.165) is 16.7 Å². The first kappa shape index (κ1) is 22.9. The van der Waals surface area contributed by atoms with Crippen molar-refractivity contribution < 1.29 is 14.5 Å². The molecule has 172 valence electrons. The molecule has 0 unspecified atom stereocenters. The molecular formula is C27H25N3O4. The fraction of sp³-hybridized carbons (Fsp3) is 0.185. The molecule has 3 aromatic rings. The third-order valence-corrected chi connectivity index (χ3v) is 6.11. The summed E-state index contributed by atoms with van der Waals surface area (Å²) in [5.74, 6) is -0.591. The van der Waals surface area contributed by atoms with Gasteiger partial charge in [0.25, 0.3) is 17.5 Å². The van der Waals surface area contributed by atoms with Gasteiger partial charge in [0.15, 0.2) is 0 Å². The van der Waals surface area contributed by atoms with Crippen LogP contribution in [0.1, 0.15) is 42.0 Å². The quantitative estimate of drug-likeness (QED) is 0.291. The highest BCUT2D eigenvalue weighted by molar-refractivity contribution is 6.46. The molecule has 0 aromatic heterocycles. The van der Waals surface area contributed by atoms with Gasteiger partial charge in [0.05, 0.1) is 16.2 Å². The number of nitrogens with one attached hydrogen (secondary N) is 1. The second-order valence-electron chi connectivity index (χ2n) is 8.62. The Hall–Kier alpha value is -4.26. The molecule has 1 heterocycles. The van der Waals surface area contributed by atoms with Crippen molar-refractivity contribution in [2.24, 2.45) is 0 Å². The second-order valence-corrected chi connectivity index (χ2v) is 8.62. The van der Waals surface area contributed by atoms with E-state index in [-0.39, 0.29) is 17.0 Å². The summed E-state index contributed by atoms with van der Waals surface area (Å²) in [6.45, 7) is 7.98. The molecule has 0 spiro atoms. The highest BCUT2D eigenvalue weighted by atomic mass is 16.6. The summed E-state index contributed by atoms with van der Waals surface area (Å²) < 4.78 is 0. The number of nitro benzene ring substituents is 1. The van der Waals surface area contributed by atoms with Crippen LogP contribution in [0.5, 0.6) is 0 Å². The van der Waals surface area contributed by atoms with Crippen molar-refractivity contribution in [3.63, 3.8) is 0 Å². The van der Waals surface area contributed by atoms with Crippen LogP contribution in [0.2, 0.25) is 0 Å². The highest BCUT2D eigenvalue weighted by Gasteiger charge is 2.41. The smallest absolute Gasteiger partial charge is 0.282 e.